The highest BCUT2D eigenvalue weighted by Crippen LogP contribution is 2.27. The Morgan fingerprint density at radius 1 is 1.35 bits per heavy atom. The number of anilines is 1. The van der Waals surface area contributed by atoms with Gasteiger partial charge >= 0.3 is 5.97 Å². The van der Waals surface area contributed by atoms with Crippen molar-refractivity contribution >= 4 is 23.3 Å². The summed E-state index contributed by atoms with van der Waals surface area (Å²) in [5.74, 6) is -0.414. The van der Waals surface area contributed by atoms with Crippen LogP contribution in [0.15, 0.2) is 23.3 Å². The minimum absolute atomic E-state index is 0.0752. The highest BCUT2D eigenvalue weighted by Gasteiger charge is 2.26. The lowest BCUT2D eigenvalue weighted by atomic mass is 10.1. The zero-order valence-corrected chi connectivity index (χ0v) is 9.27. The fourth-order valence-corrected chi connectivity index (χ4v) is 1.99. The monoisotopic (exact) mass is 230 g/mol. The summed E-state index contributed by atoms with van der Waals surface area (Å²) in [6, 6.07) is 5.23. The molecule has 2 aliphatic rings. The first-order valence-corrected chi connectivity index (χ1v) is 5.32. The third kappa shape index (κ3) is 1.51. The quantitative estimate of drug-likeness (QED) is 0.686. The average Bonchev–Trinajstić information content (AvgIpc) is 2.83. The number of fused-ring (bicyclic) bond motifs is 1. The highest BCUT2D eigenvalue weighted by atomic mass is 16.5. The van der Waals surface area contributed by atoms with Crippen LogP contribution >= 0.6 is 0 Å². The number of esters is 1. The lowest BCUT2D eigenvalue weighted by Gasteiger charge is -2.12. The third-order valence-corrected chi connectivity index (χ3v) is 2.83. The highest BCUT2D eigenvalue weighted by molar-refractivity contribution is 6.12. The Hall–Kier alpha value is -2.17. The molecule has 0 N–H and O–H groups in total. The Labute approximate surface area is 97.7 Å². The van der Waals surface area contributed by atoms with Crippen LogP contribution in [0.25, 0.3) is 0 Å². The molecule has 0 bridgehead atoms. The fraction of sp³-hybridized carbons (Fsp3) is 0.250. The third-order valence-electron chi connectivity index (χ3n) is 2.83. The van der Waals surface area contributed by atoms with Crippen molar-refractivity contribution in [3.8, 4) is 0 Å². The molecule has 0 unspecified atom stereocenters. The van der Waals surface area contributed by atoms with E-state index in [9.17, 15) is 9.59 Å². The SMILES string of the molecule is CC1=NN(c2ccc3c(c2)C(=O)OC3)C(=O)C1. The van der Waals surface area contributed by atoms with E-state index in [-0.39, 0.29) is 11.9 Å². The largest absolute Gasteiger partial charge is 0.457 e. The van der Waals surface area contributed by atoms with Crippen molar-refractivity contribution in [1.82, 2.24) is 0 Å². The van der Waals surface area contributed by atoms with Crippen LogP contribution in [0, 0.1) is 0 Å². The molecule has 0 aromatic heterocycles. The fourth-order valence-electron chi connectivity index (χ4n) is 1.99. The minimum atomic E-state index is -0.339. The molecule has 0 spiro atoms. The predicted molar refractivity (Wildman–Crippen MR) is 60.8 cm³/mol. The second-order valence-corrected chi connectivity index (χ2v) is 4.14. The predicted octanol–water partition coefficient (Wildman–Crippen LogP) is 1.47. The Bertz CT molecular complexity index is 563. The summed E-state index contributed by atoms with van der Waals surface area (Å²) < 4.78 is 4.91. The van der Waals surface area contributed by atoms with Crippen LogP contribution < -0.4 is 5.01 Å². The first-order valence-electron chi connectivity index (χ1n) is 5.32. The van der Waals surface area contributed by atoms with Crippen molar-refractivity contribution in [2.24, 2.45) is 5.10 Å². The van der Waals surface area contributed by atoms with Crippen molar-refractivity contribution in [2.45, 2.75) is 20.0 Å². The van der Waals surface area contributed by atoms with E-state index >= 15 is 0 Å². The van der Waals surface area contributed by atoms with Gasteiger partial charge in [-0.25, -0.2) is 9.80 Å². The molecule has 1 aromatic rings. The lowest BCUT2D eigenvalue weighted by Crippen LogP contribution is -2.19. The van der Waals surface area contributed by atoms with Crippen molar-refractivity contribution in [3.05, 3.63) is 29.3 Å². The van der Waals surface area contributed by atoms with Crippen LogP contribution in [0.3, 0.4) is 0 Å². The van der Waals surface area contributed by atoms with Gasteiger partial charge in [0.05, 0.1) is 17.7 Å². The number of benzene rings is 1. The maximum atomic E-state index is 11.7. The van der Waals surface area contributed by atoms with Gasteiger partial charge in [0.15, 0.2) is 0 Å². The summed E-state index contributed by atoms with van der Waals surface area (Å²) >= 11 is 0. The van der Waals surface area contributed by atoms with E-state index in [0.717, 1.165) is 11.3 Å². The number of hydrogen-bond acceptors (Lipinski definition) is 4. The summed E-state index contributed by atoms with van der Waals surface area (Å²) in [6.07, 6.45) is 0.335. The van der Waals surface area contributed by atoms with Crippen LogP contribution in [0.2, 0.25) is 0 Å². The first kappa shape index (κ1) is 10.0. The number of amides is 1. The lowest BCUT2D eigenvalue weighted by molar-refractivity contribution is -0.116. The molecular weight excluding hydrogens is 220 g/mol. The number of rotatable bonds is 1. The molecule has 0 aliphatic carbocycles. The second kappa shape index (κ2) is 3.41. The number of cyclic esters (lactones) is 1. The Morgan fingerprint density at radius 3 is 2.88 bits per heavy atom. The molecule has 5 nitrogen and oxygen atoms in total. The van der Waals surface area contributed by atoms with Gasteiger partial charge in [-0.3, -0.25) is 4.79 Å². The molecule has 3 rings (SSSR count). The molecule has 0 radical (unpaired) electrons. The van der Waals surface area contributed by atoms with Gasteiger partial charge in [0.2, 0.25) is 0 Å². The van der Waals surface area contributed by atoms with E-state index in [0.29, 0.717) is 24.3 Å². The summed E-state index contributed by atoms with van der Waals surface area (Å²) in [7, 11) is 0. The van der Waals surface area contributed by atoms with E-state index in [2.05, 4.69) is 5.10 Å². The van der Waals surface area contributed by atoms with Gasteiger partial charge < -0.3 is 4.74 Å². The molecular formula is C12H10N2O3. The topological polar surface area (TPSA) is 59.0 Å². The summed E-state index contributed by atoms with van der Waals surface area (Å²) in [6.45, 7) is 2.12. The van der Waals surface area contributed by atoms with E-state index in [4.69, 9.17) is 4.74 Å². The van der Waals surface area contributed by atoms with Gasteiger partial charge in [-0.2, -0.15) is 5.10 Å². The molecule has 0 atom stereocenters. The molecule has 17 heavy (non-hydrogen) atoms. The number of nitrogens with zero attached hydrogens (tertiary/aromatic N) is 2. The van der Waals surface area contributed by atoms with Gasteiger partial charge in [-0.15, -0.1) is 0 Å². The molecule has 0 saturated heterocycles. The number of hydrogen-bond donors (Lipinski definition) is 0. The molecule has 2 heterocycles. The summed E-state index contributed by atoms with van der Waals surface area (Å²) in [5.41, 5.74) is 2.77. The van der Waals surface area contributed by atoms with Crippen LogP contribution in [-0.4, -0.2) is 17.6 Å². The van der Waals surface area contributed by atoms with E-state index < -0.39 is 0 Å². The van der Waals surface area contributed by atoms with Gasteiger partial charge in [0, 0.05) is 11.3 Å². The summed E-state index contributed by atoms with van der Waals surface area (Å²) in [4.78, 5) is 23.1. The number of hydrazone groups is 1. The van der Waals surface area contributed by atoms with Crippen molar-refractivity contribution in [3.63, 3.8) is 0 Å². The average molecular weight is 230 g/mol. The Morgan fingerprint density at radius 2 is 2.18 bits per heavy atom. The molecule has 5 heteroatoms. The van der Waals surface area contributed by atoms with E-state index in [1.165, 1.54) is 5.01 Å². The Kier molecular flexibility index (Phi) is 2.01. The van der Waals surface area contributed by atoms with Crippen molar-refractivity contribution in [1.29, 1.82) is 0 Å². The number of carbonyl (C=O) groups is 2. The van der Waals surface area contributed by atoms with Crippen LogP contribution in [0.1, 0.15) is 29.3 Å². The molecule has 1 amide bonds. The molecule has 2 aliphatic heterocycles. The zero-order chi connectivity index (χ0) is 12.0. The molecule has 0 saturated carbocycles. The normalized spacial score (nSPS) is 18.2. The second-order valence-electron chi connectivity index (χ2n) is 4.14. The Balaban J connectivity index is 2.03. The first-order chi connectivity index (χ1) is 8.15. The van der Waals surface area contributed by atoms with E-state index in [1.807, 2.05) is 0 Å². The zero-order valence-electron chi connectivity index (χ0n) is 9.27. The maximum Gasteiger partial charge on any atom is 0.338 e. The van der Waals surface area contributed by atoms with Crippen molar-refractivity contribution < 1.29 is 14.3 Å². The molecule has 1 aromatic carbocycles. The molecule has 0 fully saturated rings. The smallest absolute Gasteiger partial charge is 0.338 e. The maximum absolute atomic E-state index is 11.7. The van der Waals surface area contributed by atoms with Crippen LogP contribution in [0.4, 0.5) is 5.69 Å². The standard InChI is InChI=1S/C12H10N2O3/c1-7-4-11(15)14(13-7)9-3-2-8-6-17-12(16)10(8)5-9/h2-3,5H,4,6H2,1H3. The van der Waals surface area contributed by atoms with Gasteiger partial charge in [0.25, 0.3) is 5.91 Å². The van der Waals surface area contributed by atoms with Crippen LogP contribution in [0.5, 0.6) is 0 Å². The van der Waals surface area contributed by atoms with Gasteiger partial charge in [0.1, 0.15) is 6.61 Å². The van der Waals surface area contributed by atoms with Gasteiger partial charge in [-0.1, -0.05) is 6.07 Å². The molecule has 86 valence electrons. The number of ether oxygens (including phenoxy) is 1. The van der Waals surface area contributed by atoms with Crippen LogP contribution in [-0.2, 0) is 16.1 Å². The summed E-state index contributed by atoms with van der Waals surface area (Å²) in [5, 5.41) is 5.47. The van der Waals surface area contributed by atoms with E-state index in [1.54, 1.807) is 25.1 Å². The minimum Gasteiger partial charge on any atom is -0.457 e. The van der Waals surface area contributed by atoms with Crippen molar-refractivity contribution in [2.75, 3.05) is 5.01 Å². The van der Waals surface area contributed by atoms with Gasteiger partial charge in [-0.05, 0) is 19.1 Å². The number of carbonyl (C=O) groups excluding carboxylic acids is 2.